The topological polar surface area (TPSA) is 40.5 Å². The lowest BCUT2D eigenvalue weighted by atomic mass is 10.0. The minimum atomic E-state index is -0.490. The smallest absolute Gasteiger partial charge is 0.0922 e. The average Bonchev–Trinajstić information content (AvgIpc) is 3.76. The number of aliphatic hydroxyl groups is 2. The van der Waals surface area contributed by atoms with Gasteiger partial charge < -0.3 is 10.2 Å². The van der Waals surface area contributed by atoms with E-state index >= 15 is 0 Å². The van der Waals surface area contributed by atoms with Crippen molar-refractivity contribution in [3.8, 4) is 0 Å². The molecule has 6 heteroatoms. The SMILES string of the molecule is CCCCCCc1ccc(CC(O)c2cc3sc4cc5c(cc4c3s2)sc2cc(C(O)Cc3ccc(C)cc3)sc25)cc1. The molecule has 220 valence electrons. The molecule has 3 aromatic carbocycles. The lowest BCUT2D eigenvalue weighted by Crippen LogP contribution is -1.99. The third-order valence-corrected chi connectivity index (χ3v) is 13.4. The fraction of sp³-hybridized carbons (Fsp3) is 0.297. The van der Waals surface area contributed by atoms with Gasteiger partial charge in [-0.15, -0.1) is 45.3 Å². The van der Waals surface area contributed by atoms with Gasteiger partial charge in [0.15, 0.2) is 0 Å². The van der Waals surface area contributed by atoms with Gasteiger partial charge in [0.05, 0.1) is 21.6 Å². The van der Waals surface area contributed by atoms with E-state index in [-0.39, 0.29) is 0 Å². The van der Waals surface area contributed by atoms with Crippen molar-refractivity contribution in [3.05, 3.63) is 105 Å². The summed E-state index contributed by atoms with van der Waals surface area (Å²) in [4.78, 5) is 2.09. The summed E-state index contributed by atoms with van der Waals surface area (Å²) in [6.45, 7) is 4.34. The van der Waals surface area contributed by atoms with Crippen molar-refractivity contribution in [3.63, 3.8) is 0 Å². The molecule has 43 heavy (non-hydrogen) atoms. The lowest BCUT2D eigenvalue weighted by Gasteiger charge is -2.09. The number of thiophene rings is 4. The monoisotopic (exact) mass is 640 g/mol. The van der Waals surface area contributed by atoms with Crippen LogP contribution in [0, 0.1) is 6.92 Å². The van der Waals surface area contributed by atoms with Gasteiger partial charge in [-0.1, -0.05) is 80.3 Å². The zero-order valence-corrected chi connectivity index (χ0v) is 27.8. The molecule has 0 saturated heterocycles. The van der Waals surface area contributed by atoms with Crippen LogP contribution in [0.25, 0.3) is 39.0 Å². The van der Waals surface area contributed by atoms with Crippen molar-refractivity contribution in [2.45, 2.75) is 71.0 Å². The summed E-state index contributed by atoms with van der Waals surface area (Å²) in [5.41, 5.74) is 4.99. The van der Waals surface area contributed by atoms with Crippen LogP contribution in [0.4, 0.5) is 0 Å². The summed E-state index contributed by atoms with van der Waals surface area (Å²) < 4.78 is 7.65. The van der Waals surface area contributed by atoms with Gasteiger partial charge in [-0.2, -0.15) is 0 Å². The summed E-state index contributed by atoms with van der Waals surface area (Å²) in [5.74, 6) is 0. The molecule has 0 fully saturated rings. The zero-order chi connectivity index (χ0) is 29.5. The molecule has 2 N–H and O–H groups in total. The maximum absolute atomic E-state index is 11.1. The maximum atomic E-state index is 11.1. The predicted molar refractivity (Wildman–Crippen MR) is 191 cm³/mol. The molecule has 0 aliphatic carbocycles. The second kappa shape index (κ2) is 12.4. The second-order valence-corrected chi connectivity index (χ2v) is 16.1. The standard InChI is InChI=1S/C37H36O2S4/c1-3-4-5-6-7-23-12-14-25(15-13-23)17-29(39)33-21-35-37(43-33)27-19-30-26(18-31(27)41-35)36-34(40-30)20-32(42-36)28(38)16-24-10-8-22(2)9-11-24/h8-15,18-21,28-29,38-39H,3-7,16-17H2,1-2H3. The van der Waals surface area contributed by atoms with Crippen LogP contribution in [0.3, 0.4) is 0 Å². The van der Waals surface area contributed by atoms with Gasteiger partial charge in [0.25, 0.3) is 0 Å². The molecule has 4 heterocycles. The molecular formula is C37H36O2S4. The number of aliphatic hydroxyl groups excluding tert-OH is 2. The van der Waals surface area contributed by atoms with Crippen molar-refractivity contribution < 1.29 is 10.2 Å². The Hall–Kier alpha value is -2.58. The summed E-state index contributed by atoms with van der Waals surface area (Å²) in [5, 5.41) is 24.7. The number of hydrogen-bond donors (Lipinski definition) is 2. The third-order valence-electron chi connectivity index (χ3n) is 8.42. The van der Waals surface area contributed by atoms with Crippen LogP contribution < -0.4 is 0 Å². The van der Waals surface area contributed by atoms with Crippen LogP contribution in [0.15, 0.2) is 72.8 Å². The van der Waals surface area contributed by atoms with E-state index in [2.05, 4.69) is 86.6 Å². The second-order valence-electron chi connectivity index (χ2n) is 11.8. The van der Waals surface area contributed by atoms with Crippen molar-refractivity contribution in [2.75, 3.05) is 0 Å². The predicted octanol–water partition coefficient (Wildman–Crippen LogP) is 11.5. The van der Waals surface area contributed by atoms with Gasteiger partial charge in [-0.25, -0.2) is 0 Å². The summed E-state index contributed by atoms with van der Waals surface area (Å²) in [6.07, 6.45) is 6.59. The highest BCUT2D eigenvalue weighted by Gasteiger charge is 2.19. The molecule has 0 saturated carbocycles. The van der Waals surface area contributed by atoms with E-state index in [9.17, 15) is 10.2 Å². The quantitative estimate of drug-likeness (QED) is 0.138. The molecule has 0 aliphatic rings. The number of hydrogen-bond acceptors (Lipinski definition) is 6. The van der Waals surface area contributed by atoms with Crippen LogP contribution in [-0.2, 0) is 19.3 Å². The van der Waals surface area contributed by atoms with Gasteiger partial charge in [0.2, 0.25) is 0 Å². The van der Waals surface area contributed by atoms with E-state index in [0.29, 0.717) is 12.8 Å². The Balaban J connectivity index is 1.09. The van der Waals surface area contributed by atoms with Crippen molar-refractivity contribution in [2.24, 2.45) is 0 Å². The first-order chi connectivity index (χ1) is 20.9. The fourth-order valence-electron chi connectivity index (χ4n) is 5.93. The maximum Gasteiger partial charge on any atom is 0.0922 e. The van der Waals surface area contributed by atoms with Crippen molar-refractivity contribution in [1.29, 1.82) is 0 Å². The zero-order valence-electron chi connectivity index (χ0n) is 24.6. The number of rotatable bonds is 11. The van der Waals surface area contributed by atoms with E-state index in [1.54, 1.807) is 22.7 Å². The molecule has 4 aromatic heterocycles. The Bertz CT molecular complexity index is 2000. The van der Waals surface area contributed by atoms with Crippen LogP contribution in [0.1, 0.15) is 76.8 Å². The van der Waals surface area contributed by atoms with E-state index in [0.717, 1.165) is 21.7 Å². The molecule has 0 spiro atoms. The van der Waals surface area contributed by atoms with Crippen LogP contribution >= 0.6 is 45.3 Å². The normalized spacial score (nSPS) is 13.6. The van der Waals surface area contributed by atoms with Gasteiger partial charge >= 0.3 is 0 Å². The molecule has 7 aromatic rings. The van der Waals surface area contributed by atoms with Crippen LogP contribution in [0.2, 0.25) is 0 Å². The summed E-state index contributed by atoms with van der Waals surface area (Å²) >= 11 is 7.11. The molecule has 0 bridgehead atoms. The van der Waals surface area contributed by atoms with E-state index in [1.807, 2.05) is 22.7 Å². The molecular weight excluding hydrogens is 605 g/mol. The Morgan fingerprint density at radius 3 is 1.56 bits per heavy atom. The molecule has 0 radical (unpaired) electrons. The Kier molecular flexibility index (Phi) is 8.43. The van der Waals surface area contributed by atoms with E-state index in [1.165, 1.54) is 81.3 Å². The summed E-state index contributed by atoms with van der Waals surface area (Å²) in [7, 11) is 0. The largest absolute Gasteiger partial charge is 0.387 e. The molecule has 2 nitrogen and oxygen atoms in total. The Morgan fingerprint density at radius 2 is 1.05 bits per heavy atom. The van der Waals surface area contributed by atoms with Crippen LogP contribution in [0.5, 0.6) is 0 Å². The molecule has 7 rings (SSSR count). The van der Waals surface area contributed by atoms with Gasteiger partial charge in [0, 0.05) is 52.2 Å². The van der Waals surface area contributed by atoms with Gasteiger partial charge in [-0.3, -0.25) is 0 Å². The number of fused-ring (bicyclic) bond motifs is 6. The highest BCUT2D eigenvalue weighted by Crippen LogP contribution is 2.47. The van der Waals surface area contributed by atoms with Crippen molar-refractivity contribution >= 4 is 84.3 Å². The number of aryl methyl sites for hydroxylation is 2. The first-order valence-corrected chi connectivity index (χ1v) is 18.5. The summed E-state index contributed by atoms with van der Waals surface area (Å²) in [6, 6.07) is 26.4. The van der Waals surface area contributed by atoms with E-state index < -0.39 is 12.2 Å². The molecule has 2 atom stereocenters. The van der Waals surface area contributed by atoms with E-state index in [4.69, 9.17) is 0 Å². The number of benzene rings is 3. The van der Waals surface area contributed by atoms with Gasteiger partial charge in [-0.05, 0) is 60.7 Å². The molecule has 0 aliphatic heterocycles. The van der Waals surface area contributed by atoms with Gasteiger partial charge in [0.1, 0.15) is 0 Å². The third kappa shape index (κ3) is 6.06. The highest BCUT2D eigenvalue weighted by molar-refractivity contribution is 7.34. The minimum absolute atomic E-state index is 0.489. The van der Waals surface area contributed by atoms with Crippen molar-refractivity contribution in [1.82, 2.24) is 0 Å². The molecule has 2 unspecified atom stereocenters. The fourth-order valence-corrected chi connectivity index (χ4v) is 11.0. The Morgan fingerprint density at radius 1 is 0.558 bits per heavy atom. The first-order valence-electron chi connectivity index (χ1n) is 15.3. The Labute approximate surface area is 268 Å². The molecule has 0 amide bonds. The first kappa shape index (κ1) is 29.1. The lowest BCUT2D eigenvalue weighted by molar-refractivity contribution is 0.182. The number of unbranched alkanes of at least 4 members (excludes halogenated alkanes) is 3. The average molecular weight is 641 g/mol. The van der Waals surface area contributed by atoms with Crippen LogP contribution in [-0.4, -0.2) is 10.2 Å². The minimum Gasteiger partial charge on any atom is -0.387 e. The highest BCUT2D eigenvalue weighted by atomic mass is 32.1.